The predicted molar refractivity (Wildman–Crippen MR) is 72.7 cm³/mol. The Labute approximate surface area is 111 Å². The van der Waals surface area contributed by atoms with Gasteiger partial charge in [0, 0.05) is 19.7 Å². The molecule has 0 unspecified atom stereocenters. The molecule has 2 saturated heterocycles. The van der Waals surface area contributed by atoms with Crippen molar-refractivity contribution in [3.63, 3.8) is 0 Å². The third kappa shape index (κ3) is 4.84. The van der Waals surface area contributed by atoms with Crippen LogP contribution in [-0.2, 0) is 4.74 Å². The first-order chi connectivity index (χ1) is 8.88. The number of aliphatic hydroxyl groups is 1. The minimum Gasteiger partial charge on any atom is -0.395 e. The van der Waals surface area contributed by atoms with Gasteiger partial charge in [-0.1, -0.05) is 0 Å². The quantitative estimate of drug-likeness (QED) is 0.739. The fraction of sp³-hybridized carbons (Fsp3) is 1.00. The van der Waals surface area contributed by atoms with E-state index in [-0.39, 0.29) is 0 Å². The zero-order valence-electron chi connectivity index (χ0n) is 11.4. The normalized spacial score (nSPS) is 27.5. The van der Waals surface area contributed by atoms with Crippen LogP contribution in [0.2, 0.25) is 0 Å². The Bertz CT molecular complexity index is 212. The Kier molecular flexibility index (Phi) is 6.41. The molecule has 0 aliphatic carbocycles. The maximum Gasteiger partial charge on any atom is 0.0699 e. The molecule has 1 atom stereocenters. The van der Waals surface area contributed by atoms with Gasteiger partial charge in [-0.25, -0.2) is 0 Å². The molecule has 2 rings (SSSR count). The van der Waals surface area contributed by atoms with E-state index >= 15 is 0 Å². The highest BCUT2D eigenvalue weighted by atomic mass is 16.5. The summed E-state index contributed by atoms with van der Waals surface area (Å²) >= 11 is 0. The Morgan fingerprint density at radius 1 is 1.11 bits per heavy atom. The van der Waals surface area contributed by atoms with Crippen molar-refractivity contribution in [3.05, 3.63) is 0 Å². The lowest BCUT2D eigenvalue weighted by atomic mass is 9.96. The van der Waals surface area contributed by atoms with Crippen LogP contribution in [0, 0.1) is 5.92 Å². The van der Waals surface area contributed by atoms with Crippen molar-refractivity contribution in [2.45, 2.75) is 38.2 Å². The summed E-state index contributed by atoms with van der Waals surface area (Å²) in [5.41, 5.74) is 0. The van der Waals surface area contributed by atoms with E-state index < -0.39 is 0 Å². The van der Waals surface area contributed by atoms with Gasteiger partial charge >= 0.3 is 0 Å². The van der Waals surface area contributed by atoms with Gasteiger partial charge in [-0.05, 0) is 57.7 Å². The lowest BCUT2D eigenvalue weighted by Gasteiger charge is -2.32. The average molecular weight is 256 g/mol. The van der Waals surface area contributed by atoms with Crippen molar-refractivity contribution in [2.75, 3.05) is 45.9 Å². The van der Waals surface area contributed by atoms with Gasteiger partial charge in [0.25, 0.3) is 0 Å². The molecule has 2 aliphatic heterocycles. The Morgan fingerprint density at radius 2 is 1.94 bits per heavy atom. The van der Waals surface area contributed by atoms with E-state index in [1.807, 2.05) is 0 Å². The van der Waals surface area contributed by atoms with E-state index in [0.29, 0.717) is 12.7 Å². The first-order valence-electron chi connectivity index (χ1n) is 7.54. The molecule has 2 fully saturated rings. The van der Waals surface area contributed by atoms with Crippen LogP contribution in [0.1, 0.15) is 32.1 Å². The molecule has 0 bridgehead atoms. The van der Waals surface area contributed by atoms with Gasteiger partial charge in [0.1, 0.15) is 0 Å². The topological polar surface area (TPSA) is 44.7 Å². The molecule has 0 amide bonds. The van der Waals surface area contributed by atoms with Crippen molar-refractivity contribution < 1.29 is 9.84 Å². The van der Waals surface area contributed by atoms with Gasteiger partial charge in [-0.3, -0.25) is 0 Å². The van der Waals surface area contributed by atoms with E-state index in [1.165, 1.54) is 32.1 Å². The van der Waals surface area contributed by atoms with Crippen LogP contribution in [0.15, 0.2) is 0 Å². The summed E-state index contributed by atoms with van der Waals surface area (Å²) in [5.74, 6) is 0.809. The number of nitrogens with zero attached hydrogens (tertiary/aromatic N) is 1. The second-order valence-corrected chi connectivity index (χ2v) is 5.66. The van der Waals surface area contributed by atoms with Gasteiger partial charge in [0.05, 0.1) is 12.7 Å². The molecule has 0 spiro atoms. The lowest BCUT2D eigenvalue weighted by Crippen LogP contribution is -2.40. The van der Waals surface area contributed by atoms with Crippen LogP contribution in [0.3, 0.4) is 0 Å². The smallest absolute Gasteiger partial charge is 0.0699 e. The highest BCUT2D eigenvalue weighted by Gasteiger charge is 2.19. The first-order valence-corrected chi connectivity index (χ1v) is 7.54. The van der Waals surface area contributed by atoms with Gasteiger partial charge in [-0.2, -0.15) is 0 Å². The van der Waals surface area contributed by atoms with Gasteiger partial charge in [0.2, 0.25) is 0 Å². The van der Waals surface area contributed by atoms with Crippen LogP contribution in [-0.4, -0.2) is 62.0 Å². The maximum absolute atomic E-state index is 8.90. The van der Waals surface area contributed by atoms with Crippen LogP contribution >= 0.6 is 0 Å². The van der Waals surface area contributed by atoms with Crippen molar-refractivity contribution in [1.29, 1.82) is 0 Å². The van der Waals surface area contributed by atoms with E-state index in [2.05, 4.69) is 10.2 Å². The lowest BCUT2D eigenvalue weighted by molar-refractivity contribution is 0.0160. The zero-order chi connectivity index (χ0) is 12.6. The number of ether oxygens (including phenoxy) is 1. The number of hydrogen-bond acceptors (Lipinski definition) is 4. The number of piperidine rings is 1. The van der Waals surface area contributed by atoms with Crippen molar-refractivity contribution in [2.24, 2.45) is 5.92 Å². The number of likely N-dealkylation sites (tertiary alicyclic amines) is 1. The molecule has 4 nitrogen and oxygen atoms in total. The monoisotopic (exact) mass is 256 g/mol. The molecular formula is C14H28N2O2. The number of aliphatic hydroxyl groups excluding tert-OH is 1. The van der Waals surface area contributed by atoms with Gasteiger partial charge in [0.15, 0.2) is 0 Å². The SMILES string of the molecule is OCCN1CCC(CNC[C@H]2CCCCO2)CC1. The molecule has 106 valence electrons. The Balaban J connectivity index is 1.52. The third-order valence-electron chi connectivity index (χ3n) is 4.20. The number of rotatable bonds is 6. The van der Waals surface area contributed by atoms with Gasteiger partial charge < -0.3 is 20.1 Å². The summed E-state index contributed by atoms with van der Waals surface area (Å²) in [6.45, 7) is 6.53. The Hall–Kier alpha value is -0.160. The van der Waals surface area contributed by atoms with Crippen LogP contribution in [0.4, 0.5) is 0 Å². The van der Waals surface area contributed by atoms with Crippen molar-refractivity contribution in [3.8, 4) is 0 Å². The van der Waals surface area contributed by atoms with E-state index in [0.717, 1.165) is 45.2 Å². The summed E-state index contributed by atoms with van der Waals surface area (Å²) in [5, 5.41) is 12.5. The minimum atomic E-state index is 0.294. The molecule has 0 aromatic heterocycles. The molecule has 4 heteroatoms. The molecular weight excluding hydrogens is 228 g/mol. The van der Waals surface area contributed by atoms with Crippen molar-refractivity contribution >= 4 is 0 Å². The van der Waals surface area contributed by atoms with Crippen LogP contribution in [0.5, 0.6) is 0 Å². The second kappa shape index (κ2) is 8.10. The summed E-state index contributed by atoms with van der Waals surface area (Å²) in [7, 11) is 0. The van der Waals surface area contributed by atoms with E-state index in [9.17, 15) is 0 Å². The van der Waals surface area contributed by atoms with Gasteiger partial charge in [-0.15, -0.1) is 0 Å². The fourth-order valence-corrected chi connectivity index (χ4v) is 2.97. The number of hydrogen-bond donors (Lipinski definition) is 2. The highest BCUT2D eigenvalue weighted by Crippen LogP contribution is 2.16. The standard InChI is InChI=1S/C14H28N2O2/c17-9-8-16-6-4-13(5-7-16)11-15-12-14-3-1-2-10-18-14/h13-15,17H,1-12H2/t14-/m1/s1. The molecule has 18 heavy (non-hydrogen) atoms. The Morgan fingerprint density at radius 3 is 2.61 bits per heavy atom. The largest absolute Gasteiger partial charge is 0.395 e. The van der Waals surface area contributed by atoms with Crippen LogP contribution < -0.4 is 5.32 Å². The van der Waals surface area contributed by atoms with E-state index in [4.69, 9.17) is 9.84 Å². The first kappa shape index (κ1) is 14.3. The maximum atomic E-state index is 8.90. The van der Waals surface area contributed by atoms with Crippen molar-refractivity contribution in [1.82, 2.24) is 10.2 Å². The fourth-order valence-electron chi connectivity index (χ4n) is 2.97. The number of β-amino-alcohol motifs (C(OH)–C–C–N with tert-alkyl or cyclic N) is 1. The minimum absolute atomic E-state index is 0.294. The molecule has 0 radical (unpaired) electrons. The summed E-state index contributed by atoms with van der Waals surface area (Å²) in [6.07, 6.45) is 6.76. The molecule has 2 N–H and O–H groups in total. The molecule has 0 aromatic rings. The molecule has 2 heterocycles. The predicted octanol–water partition coefficient (Wildman–Crippen LogP) is 0.849. The highest BCUT2D eigenvalue weighted by molar-refractivity contribution is 4.75. The molecule has 0 saturated carbocycles. The number of nitrogens with one attached hydrogen (secondary N) is 1. The summed E-state index contributed by atoms with van der Waals surface area (Å²) in [6, 6.07) is 0. The van der Waals surface area contributed by atoms with E-state index in [1.54, 1.807) is 0 Å². The average Bonchev–Trinajstić information content (AvgIpc) is 2.42. The van der Waals surface area contributed by atoms with Crippen LogP contribution in [0.25, 0.3) is 0 Å². The molecule has 2 aliphatic rings. The zero-order valence-corrected chi connectivity index (χ0v) is 11.4. The summed E-state index contributed by atoms with van der Waals surface area (Å²) in [4.78, 5) is 2.36. The summed E-state index contributed by atoms with van der Waals surface area (Å²) < 4.78 is 5.72. The second-order valence-electron chi connectivity index (χ2n) is 5.66. The third-order valence-corrected chi connectivity index (χ3v) is 4.20. The molecule has 0 aromatic carbocycles.